The Morgan fingerprint density at radius 1 is 1.00 bits per heavy atom. The van der Waals surface area contributed by atoms with Gasteiger partial charge in [0.05, 0.1) is 0 Å². The summed E-state index contributed by atoms with van der Waals surface area (Å²) in [5.41, 5.74) is 1.45. The Balaban J connectivity index is 1.64. The minimum atomic E-state index is -0.0936. The zero-order chi connectivity index (χ0) is 18.2. The number of hydrogen-bond donors (Lipinski definition) is 2. The fraction of sp³-hybridized carbons (Fsp3) is 0.143. The summed E-state index contributed by atoms with van der Waals surface area (Å²) in [6.45, 7) is 2.68. The van der Waals surface area contributed by atoms with E-state index in [-0.39, 0.29) is 5.91 Å². The van der Waals surface area contributed by atoms with Crippen LogP contribution in [-0.4, -0.2) is 17.4 Å². The first-order valence-electron chi connectivity index (χ1n) is 8.59. The van der Waals surface area contributed by atoms with Gasteiger partial charge in [-0.05, 0) is 55.0 Å². The van der Waals surface area contributed by atoms with E-state index >= 15 is 0 Å². The molecule has 0 bridgehead atoms. The van der Waals surface area contributed by atoms with E-state index in [1.807, 2.05) is 61.5 Å². The smallest absolute Gasteiger partial charge is 0.251 e. The molecule has 26 heavy (non-hydrogen) atoms. The summed E-state index contributed by atoms with van der Waals surface area (Å²) in [4.78, 5) is 16.3. The summed E-state index contributed by atoms with van der Waals surface area (Å²) in [7, 11) is 0. The molecule has 2 aromatic carbocycles. The van der Waals surface area contributed by atoms with Crippen LogP contribution >= 0.6 is 0 Å². The molecule has 132 valence electrons. The molecule has 0 aliphatic rings. The summed E-state index contributed by atoms with van der Waals surface area (Å²) in [5.74, 6) is 2.07. The molecule has 0 saturated carbocycles. The van der Waals surface area contributed by atoms with E-state index in [0.717, 1.165) is 23.6 Å². The molecule has 3 rings (SSSR count). The van der Waals surface area contributed by atoms with E-state index in [2.05, 4.69) is 15.6 Å². The molecule has 2 N–H and O–H groups in total. The minimum absolute atomic E-state index is 0.0936. The molecule has 1 amide bonds. The second kappa shape index (κ2) is 8.67. The SMILES string of the molecule is CCCNC(=O)c1ccnc(Nc2ccc(Oc3ccccc3)cc2)c1. The maximum atomic E-state index is 12.0. The Hall–Kier alpha value is -3.34. The predicted molar refractivity (Wildman–Crippen MR) is 103 cm³/mol. The summed E-state index contributed by atoms with van der Waals surface area (Å²) in [6, 6.07) is 20.6. The first-order chi connectivity index (χ1) is 12.7. The molecular formula is C21H21N3O2. The van der Waals surface area contributed by atoms with Gasteiger partial charge in [0.1, 0.15) is 17.3 Å². The number of carbonyl (C=O) groups is 1. The number of pyridine rings is 1. The largest absolute Gasteiger partial charge is 0.457 e. The summed E-state index contributed by atoms with van der Waals surface area (Å²) >= 11 is 0. The lowest BCUT2D eigenvalue weighted by Gasteiger charge is -2.09. The van der Waals surface area contributed by atoms with Crippen molar-refractivity contribution in [1.82, 2.24) is 10.3 Å². The number of amides is 1. The lowest BCUT2D eigenvalue weighted by atomic mass is 10.2. The molecule has 5 nitrogen and oxygen atoms in total. The van der Waals surface area contributed by atoms with Crippen LogP contribution in [0.3, 0.4) is 0 Å². The van der Waals surface area contributed by atoms with Gasteiger partial charge in [-0.2, -0.15) is 0 Å². The van der Waals surface area contributed by atoms with Gasteiger partial charge in [0.25, 0.3) is 5.91 Å². The van der Waals surface area contributed by atoms with E-state index in [0.29, 0.717) is 17.9 Å². The Bertz CT molecular complexity index is 849. The number of rotatable bonds is 7. The minimum Gasteiger partial charge on any atom is -0.457 e. The van der Waals surface area contributed by atoms with Crippen molar-refractivity contribution < 1.29 is 9.53 Å². The lowest BCUT2D eigenvalue weighted by molar-refractivity contribution is 0.0953. The second-order valence-corrected chi connectivity index (χ2v) is 5.75. The first kappa shape index (κ1) is 17.5. The second-order valence-electron chi connectivity index (χ2n) is 5.75. The topological polar surface area (TPSA) is 63.2 Å². The van der Waals surface area contributed by atoms with Crippen LogP contribution in [0.2, 0.25) is 0 Å². The van der Waals surface area contributed by atoms with Crippen molar-refractivity contribution >= 4 is 17.4 Å². The predicted octanol–water partition coefficient (Wildman–Crippen LogP) is 4.76. The van der Waals surface area contributed by atoms with Gasteiger partial charge in [0.2, 0.25) is 0 Å². The molecule has 0 aliphatic carbocycles. The van der Waals surface area contributed by atoms with Crippen molar-refractivity contribution in [2.75, 3.05) is 11.9 Å². The number of para-hydroxylation sites is 1. The maximum absolute atomic E-state index is 12.0. The van der Waals surface area contributed by atoms with Crippen molar-refractivity contribution in [1.29, 1.82) is 0 Å². The third kappa shape index (κ3) is 4.83. The van der Waals surface area contributed by atoms with Crippen LogP contribution in [0.15, 0.2) is 72.9 Å². The van der Waals surface area contributed by atoms with Crippen LogP contribution in [0.5, 0.6) is 11.5 Å². The van der Waals surface area contributed by atoms with Gasteiger partial charge in [-0.15, -0.1) is 0 Å². The standard InChI is InChI=1S/C21H21N3O2/c1-2-13-23-21(25)16-12-14-22-20(15-16)24-17-8-10-19(11-9-17)26-18-6-4-3-5-7-18/h3-12,14-15H,2,13H2,1H3,(H,22,24)(H,23,25). The van der Waals surface area contributed by atoms with Crippen molar-refractivity contribution in [2.45, 2.75) is 13.3 Å². The van der Waals surface area contributed by atoms with Gasteiger partial charge in [-0.3, -0.25) is 4.79 Å². The number of anilines is 2. The van der Waals surface area contributed by atoms with Crippen LogP contribution in [0, 0.1) is 0 Å². The highest BCUT2D eigenvalue weighted by atomic mass is 16.5. The molecule has 3 aromatic rings. The van der Waals surface area contributed by atoms with E-state index in [1.54, 1.807) is 18.3 Å². The maximum Gasteiger partial charge on any atom is 0.251 e. The van der Waals surface area contributed by atoms with Crippen molar-refractivity contribution in [3.63, 3.8) is 0 Å². The van der Waals surface area contributed by atoms with E-state index in [1.165, 1.54) is 0 Å². The first-order valence-corrected chi connectivity index (χ1v) is 8.59. The average molecular weight is 347 g/mol. The molecule has 0 spiro atoms. The van der Waals surface area contributed by atoms with Gasteiger partial charge >= 0.3 is 0 Å². The molecule has 0 saturated heterocycles. The molecule has 5 heteroatoms. The number of nitrogens with one attached hydrogen (secondary N) is 2. The molecule has 0 unspecified atom stereocenters. The van der Waals surface area contributed by atoms with Gasteiger partial charge in [0.15, 0.2) is 0 Å². The highest BCUT2D eigenvalue weighted by Gasteiger charge is 2.06. The summed E-state index contributed by atoms with van der Waals surface area (Å²) in [5, 5.41) is 6.06. The molecule has 0 radical (unpaired) electrons. The Morgan fingerprint density at radius 3 is 2.46 bits per heavy atom. The summed E-state index contributed by atoms with van der Waals surface area (Å²) < 4.78 is 5.78. The van der Waals surface area contributed by atoms with E-state index in [4.69, 9.17) is 4.74 Å². The molecule has 0 atom stereocenters. The molecular weight excluding hydrogens is 326 g/mol. The highest BCUT2D eigenvalue weighted by molar-refractivity contribution is 5.94. The number of carbonyl (C=O) groups excluding carboxylic acids is 1. The molecule has 0 fully saturated rings. The third-order valence-electron chi connectivity index (χ3n) is 3.66. The van der Waals surface area contributed by atoms with Gasteiger partial charge in [0, 0.05) is 24.0 Å². The zero-order valence-corrected chi connectivity index (χ0v) is 14.6. The number of benzene rings is 2. The van der Waals surface area contributed by atoms with Crippen LogP contribution in [0.25, 0.3) is 0 Å². The van der Waals surface area contributed by atoms with Gasteiger partial charge in [-0.25, -0.2) is 4.98 Å². The van der Waals surface area contributed by atoms with Crippen molar-refractivity contribution in [2.24, 2.45) is 0 Å². The van der Waals surface area contributed by atoms with Crippen LogP contribution in [-0.2, 0) is 0 Å². The molecule has 1 heterocycles. The Kier molecular flexibility index (Phi) is 5.83. The number of aromatic nitrogens is 1. The van der Waals surface area contributed by atoms with Crippen LogP contribution < -0.4 is 15.4 Å². The normalized spacial score (nSPS) is 10.2. The number of ether oxygens (including phenoxy) is 1. The van der Waals surface area contributed by atoms with E-state index < -0.39 is 0 Å². The Labute approximate surface area is 153 Å². The lowest BCUT2D eigenvalue weighted by Crippen LogP contribution is -2.24. The van der Waals surface area contributed by atoms with Gasteiger partial charge in [-0.1, -0.05) is 25.1 Å². The fourth-order valence-electron chi connectivity index (χ4n) is 2.36. The molecule has 0 aliphatic heterocycles. The van der Waals surface area contributed by atoms with Crippen LogP contribution in [0.4, 0.5) is 11.5 Å². The average Bonchev–Trinajstić information content (AvgIpc) is 2.69. The highest BCUT2D eigenvalue weighted by Crippen LogP contribution is 2.24. The Morgan fingerprint density at radius 2 is 1.73 bits per heavy atom. The van der Waals surface area contributed by atoms with Gasteiger partial charge < -0.3 is 15.4 Å². The quantitative estimate of drug-likeness (QED) is 0.647. The van der Waals surface area contributed by atoms with Crippen molar-refractivity contribution in [3.05, 3.63) is 78.5 Å². The third-order valence-corrected chi connectivity index (χ3v) is 3.66. The fourth-order valence-corrected chi connectivity index (χ4v) is 2.36. The van der Waals surface area contributed by atoms with Crippen molar-refractivity contribution in [3.8, 4) is 11.5 Å². The zero-order valence-electron chi connectivity index (χ0n) is 14.6. The monoisotopic (exact) mass is 347 g/mol. The number of nitrogens with zero attached hydrogens (tertiary/aromatic N) is 1. The molecule has 1 aromatic heterocycles. The van der Waals surface area contributed by atoms with E-state index in [9.17, 15) is 4.79 Å². The summed E-state index contributed by atoms with van der Waals surface area (Å²) in [6.07, 6.45) is 2.52. The van der Waals surface area contributed by atoms with Crippen LogP contribution in [0.1, 0.15) is 23.7 Å². The number of hydrogen-bond acceptors (Lipinski definition) is 4.